The minimum absolute atomic E-state index is 0.0999. The van der Waals surface area contributed by atoms with Gasteiger partial charge in [0.1, 0.15) is 11.3 Å². The Morgan fingerprint density at radius 2 is 2.10 bits per heavy atom. The van der Waals surface area contributed by atoms with Crippen LogP contribution in [0.15, 0.2) is 59.6 Å². The summed E-state index contributed by atoms with van der Waals surface area (Å²) in [5.41, 5.74) is 3.73. The first-order valence-corrected chi connectivity index (χ1v) is 11.3. The van der Waals surface area contributed by atoms with Crippen molar-refractivity contribution in [2.75, 3.05) is 5.75 Å². The van der Waals surface area contributed by atoms with E-state index in [0.717, 1.165) is 27.5 Å². The van der Waals surface area contributed by atoms with Gasteiger partial charge in [0.2, 0.25) is 5.91 Å². The molecule has 7 nitrogen and oxygen atoms in total. The van der Waals surface area contributed by atoms with Crippen LogP contribution in [-0.2, 0) is 11.3 Å². The number of thioether (sulfide) groups is 1. The molecule has 0 radical (unpaired) electrons. The van der Waals surface area contributed by atoms with Gasteiger partial charge in [0, 0.05) is 28.4 Å². The van der Waals surface area contributed by atoms with Crippen molar-refractivity contribution >= 4 is 40.6 Å². The van der Waals surface area contributed by atoms with Crippen LogP contribution in [-0.4, -0.2) is 36.4 Å². The number of pyridine rings is 1. The predicted octanol–water partition coefficient (Wildman–Crippen LogP) is 4.16. The van der Waals surface area contributed by atoms with E-state index >= 15 is 0 Å². The number of hydrogen-bond acceptors (Lipinski definition) is 7. The van der Waals surface area contributed by atoms with Gasteiger partial charge < -0.3 is 5.32 Å². The van der Waals surface area contributed by atoms with Crippen molar-refractivity contribution in [3.63, 3.8) is 0 Å². The number of thiazole rings is 1. The van der Waals surface area contributed by atoms with Crippen LogP contribution in [0.25, 0.3) is 16.9 Å². The second-order valence-corrected chi connectivity index (χ2v) is 8.64. The van der Waals surface area contributed by atoms with Crippen LogP contribution in [0, 0.1) is 6.92 Å². The molecule has 0 fully saturated rings. The van der Waals surface area contributed by atoms with E-state index < -0.39 is 0 Å². The Hall–Kier alpha value is -2.75. The Kier molecular flexibility index (Phi) is 6.41. The van der Waals surface area contributed by atoms with Crippen LogP contribution in [0.2, 0.25) is 5.02 Å². The normalized spacial score (nSPS) is 10.9. The molecule has 4 aromatic rings. The van der Waals surface area contributed by atoms with Crippen molar-refractivity contribution in [3.8, 4) is 16.9 Å². The quantitative estimate of drug-likeness (QED) is 0.420. The molecule has 0 saturated heterocycles. The summed E-state index contributed by atoms with van der Waals surface area (Å²) in [6.45, 7) is 2.33. The maximum atomic E-state index is 12.3. The lowest BCUT2D eigenvalue weighted by molar-refractivity contribution is -0.118. The summed E-state index contributed by atoms with van der Waals surface area (Å²) in [7, 11) is 0. The van der Waals surface area contributed by atoms with Gasteiger partial charge in [-0.05, 0) is 36.8 Å². The first kappa shape index (κ1) is 20.5. The van der Waals surface area contributed by atoms with E-state index in [1.165, 1.54) is 23.1 Å². The molecule has 152 valence electrons. The van der Waals surface area contributed by atoms with E-state index in [4.69, 9.17) is 11.6 Å². The topological polar surface area (TPSA) is 85.6 Å². The summed E-state index contributed by atoms with van der Waals surface area (Å²) in [4.78, 5) is 20.9. The Labute approximate surface area is 186 Å². The molecule has 1 N–H and O–H groups in total. The Bertz CT molecular complexity index is 1160. The van der Waals surface area contributed by atoms with E-state index in [0.29, 0.717) is 16.7 Å². The lowest BCUT2D eigenvalue weighted by Gasteiger charge is -2.08. The maximum Gasteiger partial charge on any atom is 0.230 e. The van der Waals surface area contributed by atoms with Gasteiger partial charge in [-0.3, -0.25) is 14.3 Å². The van der Waals surface area contributed by atoms with Crippen LogP contribution in [0.3, 0.4) is 0 Å². The van der Waals surface area contributed by atoms with Gasteiger partial charge in [-0.1, -0.05) is 29.4 Å². The van der Waals surface area contributed by atoms with E-state index in [9.17, 15) is 4.79 Å². The van der Waals surface area contributed by atoms with Gasteiger partial charge >= 0.3 is 0 Å². The summed E-state index contributed by atoms with van der Waals surface area (Å²) in [6, 6.07) is 9.55. The number of halogens is 1. The molecule has 1 amide bonds. The third kappa shape index (κ3) is 4.86. The molecular formula is C20H17ClN6OS2. The van der Waals surface area contributed by atoms with Gasteiger partial charge in [0.25, 0.3) is 0 Å². The van der Waals surface area contributed by atoms with Gasteiger partial charge in [-0.25, -0.2) is 4.98 Å². The molecular weight excluding hydrogens is 440 g/mol. The van der Waals surface area contributed by atoms with Crippen LogP contribution >= 0.6 is 34.7 Å². The molecule has 0 saturated carbocycles. The van der Waals surface area contributed by atoms with Crippen molar-refractivity contribution in [1.82, 2.24) is 30.0 Å². The van der Waals surface area contributed by atoms with Crippen LogP contribution < -0.4 is 5.32 Å². The summed E-state index contributed by atoms with van der Waals surface area (Å²) in [5.74, 6) is 0.123. The van der Waals surface area contributed by atoms with Crippen LogP contribution in [0.5, 0.6) is 0 Å². The van der Waals surface area contributed by atoms with Crippen LogP contribution in [0.4, 0.5) is 0 Å². The smallest absolute Gasteiger partial charge is 0.230 e. The lowest BCUT2D eigenvalue weighted by atomic mass is 10.2. The first-order chi connectivity index (χ1) is 14.6. The van der Waals surface area contributed by atoms with Crippen molar-refractivity contribution in [2.24, 2.45) is 0 Å². The molecule has 0 unspecified atom stereocenters. The van der Waals surface area contributed by atoms with E-state index in [1.807, 2.05) is 47.2 Å². The van der Waals surface area contributed by atoms with Gasteiger partial charge in [-0.15, -0.1) is 21.5 Å². The average molecular weight is 457 g/mol. The Morgan fingerprint density at radius 1 is 1.27 bits per heavy atom. The third-order valence-electron chi connectivity index (χ3n) is 4.25. The largest absolute Gasteiger partial charge is 0.349 e. The minimum Gasteiger partial charge on any atom is -0.349 e. The number of carbonyl (C=O) groups is 1. The average Bonchev–Trinajstić information content (AvgIpc) is 3.43. The van der Waals surface area contributed by atoms with Crippen molar-refractivity contribution in [1.29, 1.82) is 0 Å². The number of rotatable bonds is 7. The highest BCUT2D eigenvalue weighted by Crippen LogP contribution is 2.24. The van der Waals surface area contributed by atoms with Gasteiger partial charge in [-0.2, -0.15) is 0 Å². The Morgan fingerprint density at radius 3 is 2.90 bits per heavy atom. The highest BCUT2D eigenvalue weighted by molar-refractivity contribution is 7.99. The van der Waals surface area contributed by atoms with E-state index in [1.54, 1.807) is 18.7 Å². The highest BCUT2D eigenvalue weighted by Gasteiger charge is 2.12. The summed E-state index contributed by atoms with van der Waals surface area (Å²) in [6.07, 6.45) is 5.07. The zero-order chi connectivity index (χ0) is 20.9. The molecule has 0 spiro atoms. The highest BCUT2D eigenvalue weighted by atomic mass is 35.5. The number of nitrogens with zero attached hydrogens (tertiary/aromatic N) is 5. The van der Waals surface area contributed by atoms with E-state index in [-0.39, 0.29) is 11.7 Å². The zero-order valence-electron chi connectivity index (χ0n) is 15.9. The molecule has 0 bridgehead atoms. The van der Waals surface area contributed by atoms with E-state index in [2.05, 4.69) is 25.5 Å². The molecule has 3 aromatic heterocycles. The predicted molar refractivity (Wildman–Crippen MR) is 119 cm³/mol. The Balaban J connectivity index is 1.32. The monoisotopic (exact) mass is 456 g/mol. The second-order valence-electron chi connectivity index (χ2n) is 6.34. The minimum atomic E-state index is -0.0999. The molecule has 0 aliphatic rings. The summed E-state index contributed by atoms with van der Waals surface area (Å²) in [5, 5.41) is 15.1. The number of benzene rings is 1. The second kappa shape index (κ2) is 9.38. The lowest BCUT2D eigenvalue weighted by Crippen LogP contribution is -2.24. The number of aryl methyl sites for hydroxylation is 1. The SMILES string of the molecule is Cc1ccc(-n2cnnc2SCC(=O)NCc2nc(-c3ccncc3)cs2)cc1Cl. The van der Waals surface area contributed by atoms with Crippen molar-refractivity contribution < 1.29 is 4.79 Å². The standard InChI is InChI=1S/C20H17ClN6OS2/c1-13-2-3-15(8-16(13)21)27-12-24-26-20(27)30-11-18(28)23-9-19-25-17(10-29-19)14-4-6-22-7-5-14/h2-8,10,12H,9,11H2,1H3,(H,23,28). The zero-order valence-corrected chi connectivity index (χ0v) is 18.3. The fourth-order valence-electron chi connectivity index (χ4n) is 2.63. The molecule has 30 heavy (non-hydrogen) atoms. The molecule has 10 heteroatoms. The number of aromatic nitrogens is 5. The van der Waals surface area contributed by atoms with Crippen LogP contribution in [0.1, 0.15) is 10.6 Å². The van der Waals surface area contributed by atoms with Gasteiger partial charge in [0.05, 0.1) is 23.7 Å². The summed E-state index contributed by atoms with van der Waals surface area (Å²) < 4.78 is 1.81. The fraction of sp³-hybridized carbons (Fsp3) is 0.150. The molecule has 4 rings (SSSR count). The fourth-order valence-corrected chi connectivity index (χ4v) is 4.31. The number of nitrogens with one attached hydrogen (secondary N) is 1. The molecule has 0 atom stereocenters. The maximum absolute atomic E-state index is 12.3. The third-order valence-corrected chi connectivity index (χ3v) is 6.45. The first-order valence-electron chi connectivity index (χ1n) is 9.01. The number of amides is 1. The molecule has 3 heterocycles. The van der Waals surface area contributed by atoms with Gasteiger partial charge in [0.15, 0.2) is 5.16 Å². The molecule has 0 aliphatic heterocycles. The molecule has 0 aliphatic carbocycles. The number of carbonyl (C=O) groups excluding carboxylic acids is 1. The van der Waals surface area contributed by atoms with Crippen molar-refractivity contribution in [2.45, 2.75) is 18.6 Å². The summed E-state index contributed by atoms with van der Waals surface area (Å²) >= 11 is 9.04. The van der Waals surface area contributed by atoms with Crippen molar-refractivity contribution in [3.05, 3.63) is 70.0 Å². The molecule has 1 aromatic carbocycles. The number of hydrogen-bond donors (Lipinski definition) is 1.